The fraction of sp³-hybridized carbons (Fsp3) is 0.400. The van der Waals surface area contributed by atoms with Gasteiger partial charge in [0.15, 0.2) is 6.10 Å². The maximum absolute atomic E-state index is 12.1. The zero-order chi connectivity index (χ0) is 14.5. The summed E-state index contributed by atoms with van der Waals surface area (Å²) in [6, 6.07) is 8.77. The first-order valence-electron chi connectivity index (χ1n) is 6.52. The van der Waals surface area contributed by atoms with E-state index in [1.54, 1.807) is 24.3 Å². The fourth-order valence-corrected chi connectivity index (χ4v) is 2.03. The maximum atomic E-state index is 12.1. The number of benzene rings is 1. The summed E-state index contributed by atoms with van der Waals surface area (Å²) in [5.74, 6) is -1.26. The molecule has 1 aliphatic rings. The summed E-state index contributed by atoms with van der Waals surface area (Å²) in [5, 5.41) is 7.47. The van der Waals surface area contributed by atoms with Crippen molar-refractivity contribution in [2.45, 2.75) is 19.4 Å². The molecule has 1 unspecified atom stereocenters. The smallest absolute Gasteiger partial charge is 0.312 e. The third-order valence-electron chi connectivity index (χ3n) is 3.21. The minimum atomic E-state index is -1.04. The highest BCUT2D eigenvalue weighted by Gasteiger charge is 2.31. The van der Waals surface area contributed by atoms with Crippen LogP contribution in [0.4, 0.5) is 0 Å². The van der Waals surface area contributed by atoms with Crippen LogP contribution in [-0.4, -0.2) is 30.7 Å². The Hall–Kier alpha value is -2.01. The molecule has 1 heterocycles. The molecular weight excluding hydrogens is 258 g/mol. The summed E-state index contributed by atoms with van der Waals surface area (Å²) in [7, 11) is 0. The second-order valence-electron chi connectivity index (χ2n) is 4.78. The number of hydrogen-bond acceptors (Lipinski definition) is 5. The van der Waals surface area contributed by atoms with E-state index in [1.807, 2.05) is 6.07 Å². The van der Waals surface area contributed by atoms with Gasteiger partial charge in [-0.1, -0.05) is 30.3 Å². The Kier molecular flexibility index (Phi) is 4.63. The van der Waals surface area contributed by atoms with Crippen molar-refractivity contribution in [1.82, 2.24) is 0 Å². The van der Waals surface area contributed by atoms with E-state index in [2.05, 4.69) is 0 Å². The molecule has 0 spiro atoms. The van der Waals surface area contributed by atoms with Crippen molar-refractivity contribution in [3.63, 3.8) is 0 Å². The Labute approximate surface area is 117 Å². The summed E-state index contributed by atoms with van der Waals surface area (Å²) < 4.78 is 10.5. The van der Waals surface area contributed by atoms with Gasteiger partial charge in [-0.15, -0.1) is 0 Å². The Balaban J connectivity index is 2.16. The zero-order valence-corrected chi connectivity index (χ0v) is 11.3. The lowest BCUT2D eigenvalue weighted by Crippen LogP contribution is -2.28. The SMILES string of the molecule is CC(=N)C(=O)[C@@H](OC(=O)C1CCOC1)c1ccccc1. The molecule has 106 valence electrons. The quantitative estimate of drug-likeness (QED) is 0.658. The van der Waals surface area contributed by atoms with Gasteiger partial charge in [-0.05, 0) is 13.3 Å². The standard InChI is InChI=1S/C15H17NO4/c1-10(16)13(17)14(11-5-3-2-4-6-11)20-15(18)12-7-8-19-9-12/h2-6,12,14,16H,7-9H2,1H3/t12?,14-/m0/s1. The molecule has 1 N–H and O–H groups in total. The molecule has 0 aromatic heterocycles. The fourth-order valence-electron chi connectivity index (χ4n) is 2.03. The van der Waals surface area contributed by atoms with Crippen molar-refractivity contribution in [2.75, 3.05) is 13.2 Å². The average molecular weight is 275 g/mol. The first-order valence-corrected chi connectivity index (χ1v) is 6.52. The van der Waals surface area contributed by atoms with Gasteiger partial charge in [-0.25, -0.2) is 0 Å². The number of carbonyl (C=O) groups excluding carboxylic acids is 2. The first kappa shape index (κ1) is 14.4. The van der Waals surface area contributed by atoms with Crippen LogP contribution in [0.1, 0.15) is 25.0 Å². The molecule has 0 saturated carbocycles. The molecule has 0 amide bonds. The van der Waals surface area contributed by atoms with E-state index in [0.717, 1.165) is 0 Å². The van der Waals surface area contributed by atoms with Gasteiger partial charge in [0.1, 0.15) is 0 Å². The van der Waals surface area contributed by atoms with Gasteiger partial charge in [-0.2, -0.15) is 0 Å². The van der Waals surface area contributed by atoms with Crippen LogP contribution < -0.4 is 0 Å². The average Bonchev–Trinajstić information content (AvgIpc) is 2.99. The molecule has 0 bridgehead atoms. The van der Waals surface area contributed by atoms with Crippen LogP contribution in [0.5, 0.6) is 0 Å². The van der Waals surface area contributed by atoms with E-state index in [4.69, 9.17) is 14.9 Å². The molecule has 5 nitrogen and oxygen atoms in total. The molecule has 0 radical (unpaired) electrons. The van der Waals surface area contributed by atoms with E-state index in [-0.39, 0.29) is 11.6 Å². The van der Waals surface area contributed by atoms with Crippen molar-refractivity contribution in [3.8, 4) is 0 Å². The highest BCUT2D eigenvalue weighted by molar-refractivity contribution is 6.39. The van der Waals surface area contributed by atoms with Crippen LogP contribution in [0.15, 0.2) is 30.3 Å². The molecule has 1 aromatic rings. The Morgan fingerprint density at radius 1 is 1.35 bits per heavy atom. The normalized spacial score (nSPS) is 19.4. The topological polar surface area (TPSA) is 76.5 Å². The summed E-state index contributed by atoms with van der Waals surface area (Å²) in [4.78, 5) is 24.1. The summed E-state index contributed by atoms with van der Waals surface area (Å²) in [6.07, 6.45) is -0.431. The van der Waals surface area contributed by atoms with Gasteiger partial charge < -0.3 is 14.9 Å². The van der Waals surface area contributed by atoms with Crippen molar-refractivity contribution in [1.29, 1.82) is 5.41 Å². The minimum absolute atomic E-state index is 0.130. The highest BCUT2D eigenvalue weighted by atomic mass is 16.6. The Morgan fingerprint density at radius 2 is 2.05 bits per heavy atom. The number of ether oxygens (including phenoxy) is 2. The van der Waals surface area contributed by atoms with Crippen molar-refractivity contribution in [2.24, 2.45) is 5.92 Å². The lowest BCUT2D eigenvalue weighted by Gasteiger charge is -2.18. The van der Waals surface area contributed by atoms with E-state index >= 15 is 0 Å². The Bertz CT molecular complexity index is 506. The zero-order valence-electron chi connectivity index (χ0n) is 11.3. The van der Waals surface area contributed by atoms with Crippen LogP contribution in [0.25, 0.3) is 0 Å². The monoisotopic (exact) mass is 275 g/mol. The molecule has 1 saturated heterocycles. The van der Waals surface area contributed by atoms with E-state index in [9.17, 15) is 9.59 Å². The van der Waals surface area contributed by atoms with Crippen LogP contribution in [-0.2, 0) is 19.1 Å². The summed E-state index contributed by atoms with van der Waals surface area (Å²) in [6.45, 7) is 2.26. The highest BCUT2D eigenvalue weighted by Crippen LogP contribution is 2.23. The number of ketones is 1. The molecule has 1 aliphatic heterocycles. The minimum Gasteiger partial charge on any atom is -0.449 e. The van der Waals surface area contributed by atoms with Crippen LogP contribution in [0.3, 0.4) is 0 Å². The van der Waals surface area contributed by atoms with Gasteiger partial charge >= 0.3 is 5.97 Å². The summed E-state index contributed by atoms with van der Waals surface area (Å²) >= 11 is 0. The Morgan fingerprint density at radius 3 is 2.60 bits per heavy atom. The number of carbonyl (C=O) groups is 2. The van der Waals surface area contributed by atoms with Crippen LogP contribution in [0.2, 0.25) is 0 Å². The van der Waals surface area contributed by atoms with Crippen molar-refractivity contribution < 1.29 is 19.1 Å². The number of rotatable bonds is 5. The lowest BCUT2D eigenvalue weighted by molar-refractivity contribution is -0.157. The second kappa shape index (κ2) is 6.43. The number of esters is 1. The van der Waals surface area contributed by atoms with E-state index < -0.39 is 17.9 Å². The lowest BCUT2D eigenvalue weighted by atomic mass is 10.0. The van der Waals surface area contributed by atoms with Crippen molar-refractivity contribution >= 4 is 17.5 Å². The van der Waals surface area contributed by atoms with E-state index in [0.29, 0.717) is 25.2 Å². The number of nitrogens with one attached hydrogen (secondary N) is 1. The van der Waals surface area contributed by atoms with E-state index in [1.165, 1.54) is 6.92 Å². The van der Waals surface area contributed by atoms with Gasteiger partial charge in [0, 0.05) is 12.2 Å². The predicted molar refractivity (Wildman–Crippen MR) is 72.6 cm³/mol. The molecule has 1 aromatic carbocycles. The molecule has 20 heavy (non-hydrogen) atoms. The third-order valence-corrected chi connectivity index (χ3v) is 3.21. The van der Waals surface area contributed by atoms with Gasteiger partial charge in [0.05, 0.1) is 18.2 Å². The molecular formula is C15H17NO4. The largest absolute Gasteiger partial charge is 0.449 e. The van der Waals surface area contributed by atoms with Gasteiger partial charge in [0.2, 0.25) is 5.78 Å². The van der Waals surface area contributed by atoms with Gasteiger partial charge in [-0.3, -0.25) is 9.59 Å². The first-order chi connectivity index (χ1) is 9.59. The molecule has 0 aliphatic carbocycles. The van der Waals surface area contributed by atoms with Gasteiger partial charge in [0.25, 0.3) is 0 Å². The molecule has 1 fully saturated rings. The molecule has 5 heteroatoms. The maximum Gasteiger partial charge on any atom is 0.312 e. The molecule has 2 rings (SSSR count). The predicted octanol–water partition coefficient (Wildman–Crippen LogP) is 1.92. The third kappa shape index (κ3) is 3.30. The number of Topliss-reactive ketones (excluding diaryl/α,β-unsaturated/α-hetero) is 1. The van der Waals surface area contributed by atoms with Crippen LogP contribution in [0, 0.1) is 11.3 Å². The summed E-state index contributed by atoms with van der Waals surface area (Å²) in [5.41, 5.74) is 0.450. The van der Waals surface area contributed by atoms with Crippen molar-refractivity contribution in [3.05, 3.63) is 35.9 Å². The second-order valence-corrected chi connectivity index (χ2v) is 4.78. The number of hydrogen-bond donors (Lipinski definition) is 1. The molecule has 2 atom stereocenters. The van der Waals surface area contributed by atoms with Crippen LogP contribution >= 0.6 is 0 Å².